The molecule has 0 spiro atoms. The molecule has 2 aromatic rings. The lowest BCUT2D eigenvalue weighted by Gasteiger charge is -2.13. The Kier molecular flexibility index (Phi) is 3.83. The molecule has 0 atom stereocenters. The Morgan fingerprint density at radius 3 is 2.47 bits per heavy atom. The number of hydrogen-bond acceptors (Lipinski definition) is 5. The van der Waals surface area contributed by atoms with E-state index in [9.17, 15) is 0 Å². The SMILES string of the molecule is Cc1nc([S-])c(C#N)c(C)c1N=Nc1ccccc1. The van der Waals surface area contributed by atoms with Gasteiger partial charge in [0.2, 0.25) is 0 Å². The first-order chi connectivity index (χ1) is 9.13. The fourth-order valence-corrected chi connectivity index (χ4v) is 2.03. The number of hydrogen-bond donors (Lipinski definition) is 0. The van der Waals surface area contributed by atoms with Crippen LogP contribution < -0.4 is 0 Å². The predicted octanol–water partition coefficient (Wildman–Crippen LogP) is 3.89. The van der Waals surface area contributed by atoms with Crippen molar-refractivity contribution >= 4 is 24.0 Å². The molecule has 2 rings (SSSR count). The summed E-state index contributed by atoms with van der Waals surface area (Å²) >= 11 is 5.06. The van der Waals surface area contributed by atoms with E-state index in [2.05, 4.69) is 21.3 Å². The van der Waals surface area contributed by atoms with E-state index in [4.69, 9.17) is 17.9 Å². The third kappa shape index (κ3) is 2.75. The lowest BCUT2D eigenvalue weighted by atomic mass is 10.1. The monoisotopic (exact) mass is 267 g/mol. The van der Waals surface area contributed by atoms with Crippen molar-refractivity contribution < 1.29 is 0 Å². The molecule has 5 heteroatoms. The summed E-state index contributed by atoms with van der Waals surface area (Å²) in [6, 6.07) is 11.5. The van der Waals surface area contributed by atoms with Gasteiger partial charge in [-0.15, -0.1) is 5.11 Å². The van der Waals surface area contributed by atoms with E-state index in [1.807, 2.05) is 44.2 Å². The van der Waals surface area contributed by atoms with Gasteiger partial charge in [0.25, 0.3) is 0 Å². The largest absolute Gasteiger partial charge is 0.759 e. The van der Waals surface area contributed by atoms with Crippen LogP contribution in [0.25, 0.3) is 0 Å². The maximum atomic E-state index is 9.07. The third-order valence-corrected chi connectivity index (χ3v) is 2.98. The van der Waals surface area contributed by atoms with Crippen LogP contribution in [-0.2, 0) is 12.6 Å². The van der Waals surface area contributed by atoms with Gasteiger partial charge >= 0.3 is 0 Å². The number of azo groups is 1. The molecule has 0 aliphatic heterocycles. The van der Waals surface area contributed by atoms with Crippen LogP contribution in [-0.4, -0.2) is 4.98 Å². The van der Waals surface area contributed by atoms with Crippen LogP contribution in [0, 0.1) is 25.2 Å². The Balaban J connectivity index is 2.47. The third-order valence-electron chi connectivity index (χ3n) is 2.69. The second-order valence-electron chi connectivity index (χ2n) is 4.00. The minimum atomic E-state index is 0.316. The van der Waals surface area contributed by atoms with Gasteiger partial charge in [-0.05, 0) is 31.5 Å². The molecule has 1 aromatic heterocycles. The highest BCUT2D eigenvalue weighted by Crippen LogP contribution is 2.28. The van der Waals surface area contributed by atoms with Crippen molar-refractivity contribution in [2.75, 3.05) is 0 Å². The van der Waals surface area contributed by atoms with Crippen molar-refractivity contribution in [1.82, 2.24) is 4.98 Å². The summed E-state index contributed by atoms with van der Waals surface area (Å²) in [5, 5.41) is 17.7. The fourth-order valence-electron chi connectivity index (χ4n) is 1.69. The maximum absolute atomic E-state index is 9.07. The molecule has 0 aliphatic carbocycles. The molecule has 1 heterocycles. The highest BCUT2D eigenvalue weighted by molar-refractivity contribution is 7.58. The highest BCUT2D eigenvalue weighted by atomic mass is 32.1. The molecule has 1 aromatic carbocycles. The summed E-state index contributed by atoms with van der Waals surface area (Å²) in [6.45, 7) is 3.62. The topological polar surface area (TPSA) is 61.4 Å². The molecular formula is C14H11N4S-. The molecule has 0 aliphatic rings. The van der Waals surface area contributed by atoms with E-state index < -0.39 is 0 Å². The van der Waals surface area contributed by atoms with Crippen LogP contribution >= 0.6 is 0 Å². The highest BCUT2D eigenvalue weighted by Gasteiger charge is 2.08. The summed E-state index contributed by atoms with van der Waals surface area (Å²) in [5.74, 6) is 0. The first-order valence-corrected chi connectivity index (χ1v) is 6.09. The Labute approximate surface area is 117 Å². The molecule has 0 N–H and O–H groups in total. The second kappa shape index (κ2) is 5.55. The fraction of sp³-hybridized carbons (Fsp3) is 0.143. The van der Waals surface area contributed by atoms with Crippen molar-refractivity contribution in [2.45, 2.75) is 18.9 Å². The number of aryl methyl sites for hydroxylation is 1. The molecule has 0 saturated carbocycles. The van der Waals surface area contributed by atoms with Crippen LogP contribution in [0.1, 0.15) is 16.8 Å². The van der Waals surface area contributed by atoms with Crippen molar-refractivity contribution in [3.8, 4) is 6.07 Å². The molecule has 0 radical (unpaired) electrons. The molecule has 19 heavy (non-hydrogen) atoms. The molecule has 0 bridgehead atoms. The predicted molar refractivity (Wildman–Crippen MR) is 74.7 cm³/mol. The average Bonchev–Trinajstić information content (AvgIpc) is 2.39. The molecule has 0 saturated heterocycles. The Morgan fingerprint density at radius 2 is 1.84 bits per heavy atom. The minimum absolute atomic E-state index is 0.316. The van der Waals surface area contributed by atoms with E-state index >= 15 is 0 Å². The maximum Gasteiger partial charge on any atom is 0.111 e. The zero-order valence-corrected chi connectivity index (χ0v) is 11.4. The van der Waals surface area contributed by atoms with Crippen molar-refractivity contribution in [3.05, 3.63) is 47.2 Å². The molecule has 94 valence electrons. The van der Waals surface area contributed by atoms with Crippen LogP contribution in [0.15, 0.2) is 45.6 Å². The molecule has 0 amide bonds. The molecular weight excluding hydrogens is 256 g/mol. The number of nitriles is 1. The van der Waals surface area contributed by atoms with Gasteiger partial charge in [-0.3, -0.25) is 4.98 Å². The summed E-state index contributed by atoms with van der Waals surface area (Å²) in [5.41, 5.74) is 3.15. The standard InChI is InChI=1S/C14H12N4S/c1-9-12(8-15)14(19)16-10(2)13(9)18-17-11-6-4-3-5-7-11/h3-7H,1-2H3,(H,16,19)/p-1. The van der Waals surface area contributed by atoms with E-state index in [-0.39, 0.29) is 0 Å². The zero-order valence-electron chi connectivity index (χ0n) is 10.6. The average molecular weight is 267 g/mol. The van der Waals surface area contributed by atoms with E-state index in [1.165, 1.54) is 0 Å². The van der Waals surface area contributed by atoms with E-state index in [0.29, 0.717) is 22.0 Å². The normalized spacial score (nSPS) is 10.6. The van der Waals surface area contributed by atoms with Crippen molar-refractivity contribution in [2.24, 2.45) is 10.2 Å². The number of aromatic nitrogens is 1. The van der Waals surface area contributed by atoms with Gasteiger partial charge in [-0.2, -0.15) is 10.4 Å². The quantitative estimate of drug-likeness (QED) is 0.612. The van der Waals surface area contributed by atoms with Gasteiger partial charge in [0.1, 0.15) is 5.69 Å². The summed E-state index contributed by atoms with van der Waals surface area (Å²) in [4.78, 5) is 4.16. The van der Waals surface area contributed by atoms with Crippen LogP contribution in [0.3, 0.4) is 0 Å². The first-order valence-electron chi connectivity index (χ1n) is 5.68. The smallest absolute Gasteiger partial charge is 0.111 e. The molecule has 0 fully saturated rings. The van der Waals surface area contributed by atoms with Gasteiger partial charge in [0.15, 0.2) is 0 Å². The van der Waals surface area contributed by atoms with Gasteiger partial charge < -0.3 is 12.6 Å². The van der Waals surface area contributed by atoms with Crippen LogP contribution in [0.4, 0.5) is 11.4 Å². The van der Waals surface area contributed by atoms with Crippen LogP contribution in [0.2, 0.25) is 0 Å². The number of nitrogens with zero attached hydrogens (tertiary/aromatic N) is 4. The van der Waals surface area contributed by atoms with E-state index in [1.54, 1.807) is 0 Å². The number of rotatable bonds is 2. The Bertz CT molecular complexity index is 672. The minimum Gasteiger partial charge on any atom is -0.759 e. The van der Waals surface area contributed by atoms with Crippen LogP contribution in [0.5, 0.6) is 0 Å². The summed E-state index contributed by atoms with van der Waals surface area (Å²) in [6.07, 6.45) is 0. The van der Waals surface area contributed by atoms with E-state index in [0.717, 1.165) is 11.3 Å². The first kappa shape index (κ1) is 13.1. The second-order valence-corrected chi connectivity index (χ2v) is 4.39. The lowest BCUT2D eigenvalue weighted by molar-refractivity contribution is 1.01. The van der Waals surface area contributed by atoms with Gasteiger partial charge in [-0.1, -0.05) is 23.2 Å². The zero-order chi connectivity index (χ0) is 13.8. The number of pyridine rings is 1. The lowest BCUT2D eigenvalue weighted by Crippen LogP contribution is -1.95. The van der Waals surface area contributed by atoms with Crippen molar-refractivity contribution in [1.29, 1.82) is 5.26 Å². The number of benzene rings is 1. The van der Waals surface area contributed by atoms with Gasteiger partial charge in [-0.25, -0.2) is 0 Å². The summed E-state index contributed by atoms with van der Waals surface area (Å²) in [7, 11) is 0. The van der Waals surface area contributed by atoms with Crippen molar-refractivity contribution in [3.63, 3.8) is 0 Å². The van der Waals surface area contributed by atoms with Gasteiger partial charge in [0, 0.05) is 0 Å². The Morgan fingerprint density at radius 1 is 1.16 bits per heavy atom. The van der Waals surface area contributed by atoms with Gasteiger partial charge in [0.05, 0.1) is 23.0 Å². The summed E-state index contributed by atoms with van der Waals surface area (Å²) < 4.78 is 0. The Hall–Kier alpha value is -2.32. The molecule has 0 unspecified atom stereocenters. The molecule has 4 nitrogen and oxygen atoms in total.